The molecule has 1 aliphatic rings. The molecule has 4 N–H and O–H groups in total. The largest absolute Gasteiger partial charge is 1.00 e. The number of carbonyl (C=O) groups is 1. The number of phenols is 2. The summed E-state index contributed by atoms with van der Waals surface area (Å²) in [4.78, 5) is 47.3. The van der Waals surface area contributed by atoms with Gasteiger partial charge in [0.15, 0.2) is 40.3 Å². The van der Waals surface area contributed by atoms with Crippen molar-refractivity contribution in [3.8, 4) is 23.0 Å². The van der Waals surface area contributed by atoms with Gasteiger partial charge < -0.3 is 49.2 Å². The number of benzene rings is 1. The van der Waals surface area contributed by atoms with Crippen molar-refractivity contribution in [3.05, 3.63) is 36.3 Å². The summed E-state index contributed by atoms with van der Waals surface area (Å²) in [5, 5.41) is 25.0. The van der Waals surface area contributed by atoms with Gasteiger partial charge in [-0.3, -0.25) is 9.69 Å². The number of nitrogens with one attached hydrogen (secondary N) is 2. The standard InChI is InChI=1S/C21H22FN6O9P.2Na/c1-21(2)19(31)28(9-36-38(32,33)34)18-14(37-21)4-5-15(26-18)25-17-11(22)8-23-20(27-17)24-10-6-12(29)16(35-3)13(30)7-10;;/h4-8,29-30H,9H2,1-3H3,(H2,32,33,34)(H2,23,24,25,26,27);;/q;2*+1/p-2/i1D3,2D3,3D3,4D;;. The van der Waals surface area contributed by atoms with Gasteiger partial charge in [-0.2, -0.15) is 4.98 Å². The number of halogens is 1. The normalized spacial score (nSPS) is 18.4. The molecule has 1 amide bonds. The first-order valence-corrected chi connectivity index (χ1v) is 11.3. The Morgan fingerprint density at radius 1 is 1.25 bits per heavy atom. The van der Waals surface area contributed by atoms with Crippen LogP contribution in [-0.2, 0) is 13.9 Å². The number of nitrogens with zero attached hydrogens (tertiary/aromatic N) is 4. The summed E-state index contributed by atoms with van der Waals surface area (Å²) >= 11 is 0. The second-order valence-corrected chi connectivity index (χ2v) is 8.40. The molecule has 0 spiro atoms. The maximum Gasteiger partial charge on any atom is 1.00 e. The molecule has 3 aromatic rings. The number of aromatic nitrogens is 3. The van der Waals surface area contributed by atoms with Crippen LogP contribution in [0.15, 0.2) is 30.4 Å². The molecular formula is C21H20FN6Na2O9P. The van der Waals surface area contributed by atoms with E-state index < -0.39 is 105 Å². The van der Waals surface area contributed by atoms with Gasteiger partial charge in [0.25, 0.3) is 5.91 Å². The van der Waals surface area contributed by atoms with Crippen molar-refractivity contribution in [2.75, 3.05) is 29.3 Å². The van der Waals surface area contributed by atoms with Crippen LogP contribution in [0.2, 0.25) is 0 Å². The molecular weight excluding hydrogens is 576 g/mol. The summed E-state index contributed by atoms with van der Waals surface area (Å²) in [6.07, 6.45) is 0.622. The number of rotatable bonds is 8. The predicted octanol–water partition coefficient (Wildman–Crippen LogP) is -4.77. The molecule has 3 heterocycles. The fraction of sp³-hybridized carbons (Fsp3) is 0.238. The Kier molecular flexibility index (Phi) is 7.06. The fourth-order valence-corrected chi connectivity index (χ4v) is 3.25. The van der Waals surface area contributed by atoms with Gasteiger partial charge in [-0.05, 0) is 25.8 Å². The Hall–Kier alpha value is -2.24. The Balaban J connectivity index is 0.00000433. The van der Waals surface area contributed by atoms with Crippen molar-refractivity contribution in [1.82, 2.24) is 15.0 Å². The van der Waals surface area contributed by atoms with E-state index >= 15 is 0 Å². The molecule has 202 valence electrons. The number of pyridine rings is 1. The van der Waals surface area contributed by atoms with E-state index in [1.54, 1.807) is 0 Å². The average Bonchev–Trinajstić information content (AvgIpc) is 2.89. The smallest absolute Gasteiger partial charge is 0.790 e. The second kappa shape index (κ2) is 13.2. The third kappa shape index (κ3) is 7.73. The van der Waals surface area contributed by atoms with Gasteiger partial charge in [-0.15, -0.1) is 0 Å². The van der Waals surface area contributed by atoms with Gasteiger partial charge in [-0.1, -0.05) is 0 Å². The first-order valence-electron chi connectivity index (χ1n) is 14.8. The SMILES string of the molecule is [2H]c1cc(Nc2nc(Nc3cc(O)c(OC([2H])([2H])[2H])c(O)c3)ncc2F)nc2c1OC(C([2H])([2H])[2H])(C([2H])([2H])[2H])C(=O)N2COP(=O)([O-])[O-].[Na+].[Na+]. The molecule has 0 atom stereocenters. The van der Waals surface area contributed by atoms with Crippen molar-refractivity contribution in [2.45, 2.75) is 19.3 Å². The van der Waals surface area contributed by atoms with E-state index in [0.717, 1.165) is 18.2 Å². The van der Waals surface area contributed by atoms with Gasteiger partial charge in [0.05, 0.1) is 26.5 Å². The molecule has 0 unspecified atom stereocenters. The van der Waals surface area contributed by atoms with Crippen molar-refractivity contribution in [3.63, 3.8) is 0 Å². The Labute approximate surface area is 285 Å². The molecule has 40 heavy (non-hydrogen) atoms. The molecule has 0 saturated carbocycles. The first kappa shape index (κ1) is 21.5. The minimum atomic E-state index is -5.88. The van der Waals surface area contributed by atoms with Crippen LogP contribution in [0.4, 0.5) is 33.5 Å². The number of anilines is 5. The summed E-state index contributed by atoms with van der Waals surface area (Å²) in [7, 11) is -8.89. The third-order valence-corrected chi connectivity index (χ3v) is 5.00. The summed E-state index contributed by atoms with van der Waals surface area (Å²) < 4.78 is 116. The van der Waals surface area contributed by atoms with Crippen molar-refractivity contribution in [1.29, 1.82) is 0 Å². The summed E-state index contributed by atoms with van der Waals surface area (Å²) in [6.45, 7) is -9.12. The monoisotopic (exact) mass is 606 g/mol. The van der Waals surface area contributed by atoms with Crippen LogP contribution in [0.25, 0.3) is 0 Å². The molecule has 0 fully saturated rings. The number of methoxy groups -OCH3 is 1. The quantitative estimate of drug-likeness (QED) is 0.140. The second-order valence-electron chi connectivity index (χ2n) is 7.25. The summed E-state index contributed by atoms with van der Waals surface area (Å²) in [5.41, 5.74) is -3.86. The Morgan fingerprint density at radius 2 is 1.95 bits per heavy atom. The van der Waals surface area contributed by atoms with E-state index in [1.807, 2.05) is 0 Å². The maximum absolute atomic E-state index is 14.8. The number of phosphoric acid groups is 1. The number of phosphoric ester groups is 1. The summed E-state index contributed by atoms with van der Waals surface area (Å²) in [6, 6.07) is 1.72. The van der Waals surface area contributed by atoms with Crippen LogP contribution < -0.4 is 93.9 Å². The first-order chi connectivity index (χ1) is 21.8. The number of aromatic hydroxyl groups is 2. The molecule has 19 heteroatoms. The number of hydrogen-bond donors (Lipinski definition) is 4. The zero-order valence-corrected chi connectivity index (χ0v) is 25.3. The van der Waals surface area contributed by atoms with Crippen LogP contribution >= 0.6 is 7.82 Å². The third-order valence-electron chi connectivity index (χ3n) is 4.57. The molecule has 15 nitrogen and oxygen atoms in total. The Bertz CT molecular complexity index is 1780. The molecule has 1 aliphatic heterocycles. The topological polar surface area (TPSA) is 214 Å². The molecule has 0 saturated heterocycles. The Morgan fingerprint density at radius 3 is 2.58 bits per heavy atom. The van der Waals surface area contributed by atoms with E-state index in [2.05, 4.69) is 34.8 Å². The molecule has 0 bridgehead atoms. The number of ether oxygens (including phenoxy) is 2. The van der Waals surface area contributed by atoms with Crippen LogP contribution in [0, 0.1) is 5.82 Å². The van der Waals surface area contributed by atoms with E-state index in [1.165, 1.54) is 0 Å². The van der Waals surface area contributed by atoms with Gasteiger partial charge >= 0.3 is 59.1 Å². The van der Waals surface area contributed by atoms with E-state index in [0.29, 0.717) is 6.20 Å². The van der Waals surface area contributed by atoms with Crippen LogP contribution in [-0.4, -0.2) is 50.4 Å². The van der Waals surface area contributed by atoms with E-state index in [-0.39, 0.29) is 69.7 Å². The van der Waals surface area contributed by atoms with Crippen molar-refractivity contribution >= 4 is 42.8 Å². The average molecular weight is 606 g/mol. The number of hydrogen-bond acceptors (Lipinski definition) is 14. The molecule has 4 rings (SSSR count). The van der Waals surface area contributed by atoms with Gasteiger partial charge in [0.2, 0.25) is 11.7 Å². The predicted molar refractivity (Wildman–Crippen MR) is 125 cm³/mol. The van der Waals surface area contributed by atoms with Gasteiger partial charge in [0, 0.05) is 26.0 Å². The van der Waals surface area contributed by atoms with Gasteiger partial charge in [0.1, 0.15) is 12.5 Å². The fourth-order valence-electron chi connectivity index (χ4n) is 2.99. The zero-order valence-electron chi connectivity index (χ0n) is 30.4. The number of phenolic OH excluding ortho intramolecular Hbond substituents is 2. The number of fused-ring (bicyclic) bond motifs is 1. The number of carbonyl (C=O) groups excluding carboxylic acids is 1. The van der Waals surface area contributed by atoms with Gasteiger partial charge in [-0.25, -0.2) is 14.4 Å². The molecule has 0 aliphatic carbocycles. The molecule has 1 aromatic carbocycles. The van der Waals surface area contributed by atoms with E-state index in [4.69, 9.17) is 18.4 Å². The minimum Gasteiger partial charge on any atom is -0.790 e. The maximum atomic E-state index is 14.8. The van der Waals surface area contributed by atoms with Crippen molar-refractivity contribution < 1.29 is 121 Å². The molecule has 2 aromatic heterocycles. The molecule has 0 radical (unpaired) electrons. The summed E-state index contributed by atoms with van der Waals surface area (Å²) in [5.74, 6) is -9.00. The zero-order chi connectivity index (χ0) is 36.2. The van der Waals surface area contributed by atoms with Crippen molar-refractivity contribution in [2.24, 2.45) is 0 Å². The van der Waals surface area contributed by atoms with Crippen LogP contribution in [0.3, 0.4) is 0 Å². The van der Waals surface area contributed by atoms with E-state index in [9.17, 15) is 33.7 Å². The minimum absolute atomic E-state index is 0. The number of amides is 1. The van der Waals surface area contributed by atoms with Crippen LogP contribution in [0.5, 0.6) is 23.0 Å². The van der Waals surface area contributed by atoms with Crippen LogP contribution in [0.1, 0.15) is 27.4 Å².